The van der Waals surface area contributed by atoms with E-state index in [1.165, 1.54) is 0 Å². The minimum absolute atomic E-state index is 0.164. The third-order valence-electron chi connectivity index (χ3n) is 2.61. The van der Waals surface area contributed by atoms with Crippen molar-refractivity contribution in [1.29, 1.82) is 0 Å². The van der Waals surface area contributed by atoms with E-state index in [9.17, 15) is 9.59 Å². The maximum atomic E-state index is 11.8. The van der Waals surface area contributed by atoms with Crippen molar-refractivity contribution in [1.82, 2.24) is 10.3 Å². The molecule has 0 saturated heterocycles. The lowest BCUT2D eigenvalue weighted by Gasteiger charge is -2.05. The molecule has 1 aromatic heterocycles. The molecule has 92 valence electrons. The van der Waals surface area contributed by atoms with Gasteiger partial charge in [-0.3, -0.25) is 9.59 Å². The second-order valence-electron chi connectivity index (χ2n) is 4.04. The molecule has 0 radical (unpaired) electrons. The molecular weight excluding hydrogens is 228 g/mol. The van der Waals surface area contributed by atoms with E-state index in [1.807, 2.05) is 19.1 Å². The van der Waals surface area contributed by atoms with Gasteiger partial charge in [-0.05, 0) is 25.1 Å². The molecule has 0 unspecified atom stereocenters. The first-order valence-corrected chi connectivity index (χ1v) is 5.69. The van der Waals surface area contributed by atoms with E-state index in [4.69, 9.17) is 0 Å². The van der Waals surface area contributed by atoms with Gasteiger partial charge in [-0.1, -0.05) is 24.3 Å². The van der Waals surface area contributed by atoms with E-state index in [1.54, 1.807) is 30.3 Å². The molecule has 1 aromatic carbocycles. The normalized spacial score (nSPS) is 10.1. The molecule has 2 aromatic rings. The number of carbonyl (C=O) groups excluding carboxylic acids is 1. The van der Waals surface area contributed by atoms with Gasteiger partial charge in [-0.2, -0.15) is 0 Å². The second-order valence-corrected chi connectivity index (χ2v) is 4.04. The summed E-state index contributed by atoms with van der Waals surface area (Å²) >= 11 is 0. The summed E-state index contributed by atoms with van der Waals surface area (Å²) in [4.78, 5) is 26.1. The summed E-state index contributed by atoms with van der Waals surface area (Å²) in [6.07, 6.45) is 0. The van der Waals surface area contributed by atoms with Crippen LogP contribution in [0.15, 0.2) is 47.3 Å². The van der Waals surface area contributed by atoms with Gasteiger partial charge in [0.25, 0.3) is 11.5 Å². The minimum Gasteiger partial charge on any atom is -0.348 e. The summed E-state index contributed by atoms with van der Waals surface area (Å²) in [6.45, 7) is 2.04. The molecule has 1 amide bonds. The summed E-state index contributed by atoms with van der Waals surface area (Å²) in [7, 11) is 0. The fraction of sp³-hybridized carbons (Fsp3) is 0.143. The number of amides is 1. The van der Waals surface area contributed by atoms with Crippen LogP contribution in [0.25, 0.3) is 0 Å². The molecule has 0 aliphatic carbocycles. The molecule has 0 fully saturated rings. The van der Waals surface area contributed by atoms with Crippen LogP contribution in [-0.4, -0.2) is 10.9 Å². The van der Waals surface area contributed by atoms with Gasteiger partial charge >= 0.3 is 0 Å². The first-order chi connectivity index (χ1) is 8.66. The van der Waals surface area contributed by atoms with Gasteiger partial charge in [0, 0.05) is 23.4 Å². The van der Waals surface area contributed by atoms with Gasteiger partial charge in [0.15, 0.2) is 0 Å². The highest BCUT2D eigenvalue weighted by molar-refractivity contribution is 5.94. The van der Waals surface area contributed by atoms with E-state index < -0.39 is 0 Å². The lowest BCUT2D eigenvalue weighted by atomic mass is 10.2. The number of aromatic nitrogens is 1. The SMILES string of the molecule is Cc1ccc(CNC(=O)c2ccccc2)c(=O)[nH]1. The number of hydrogen-bond acceptors (Lipinski definition) is 2. The molecular formula is C14H14N2O2. The average Bonchev–Trinajstić information content (AvgIpc) is 2.38. The molecule has 0 bridgehead atoms. The fourth-order valence-corrected chi connectivity index (χ4v) is 1.61. The Morgan fingerprint density at radius 2 is 1.89 bits per heavy atom. The summed E-state index contributed by atoms with van der Waals surface area (Å²) in [6, 6.07) is 12.4. The van der Waals surface area contributed by atoms with E-state index in [-0.39, 0.29) is 18.0 Å². The van der Waals surface area contributed by atoms with Crippen LogP contribution in [0.3, 0.4) is 0 Å². The van der Waals surface area contributed by atoms with Crippen LogP contribution in [0, 0.1) is 6.92 Å². The summed E-state index contributed by atoms with van der Waals surface area (Å²) in [5.41, 5.74) is 1.77. The third-order valence-corrected chi connectivity index (χ3v) is 2.61. The molecule has 4 heteroatoms. The van der Waals surface area contributed by atoms with E-state index >= 15 is 0 Å². The van der Waals surface area contributed by atoms with Gasteiger partial charge < -0.3 is 10.3 Å². The van der Waals surface area contributed by atoms with E-state index in [0.717, 1.165) is 5.69 Å². The number of aromatic amines is 1. The smallest absolute Gasteiger partial charge is 0.253 e. The van der Waals surface area contributed by atoms with Crippen molar-refractivity contribution in [3.05, 3.63) is 69.6 Å². The molecule has 1 heterocycles. The highest BCUT2D eigenvalue weighted by atomic mass is 16.1. The summed E-state index contributed by atoms with van der Waals surface area (Å²) in [5, 5.41) is 2.72. The number of carbonyl (C=O) groups is 1. The molecule has 2 rings (SSSR count). The Labute approximate surface area is 105 Å². The van der Waals surface area contributed by atoms with Crippen molar-refractivity contribution in [3.8, 4) is 0 Å². The van der Waals surface area contributed by atoms with Crippen molar-refractivity contribution in [2.24, 2.45) is 0 Å². The lowest BCUT2D eigenvalue weighted by molar-refractivity contribution is 0.0951. The number of nitrogens with one attached hydrogen (secondary N) is 2. The molecule has 0 atom stereocenters. The number of pyridine rings is 1. The molecule has 0 aliphatic rings. The highest BCUT2D eigenvalue weighted by Gasteiger charge is 2.05. The Morgan fingerprint density at radius 3 is 2.56 bits per heavy atom. The average molecular weight is 242 g/mol. The van der Waals surface area contributed by atoms with Gasteiger partial charge in [-0.25, -0.2) is 0 Å². The second kappa shape index (κ2) is 5.31. The third kappa shape index (κ3) is 2.85. The number of hydrogen-bond donors (Lipinski definition) is 2. The van der Waals surface area contributed by atoms with Crippen molar-refractivity contribution in [3.63, 3.8) is 0 Å². The van der Waals surface area contributed by atoms with Crippen LogP contribution in [-0.2, 0) is 6.54 Å². The van der Waals surface area contributed by atoms with Crippen LogP contribution in [0.2, 0.25) is 0 Å². The van der Waals surface area contributed by atoms with Crippen molar-refractivity contribution < 1.29 is 4.79 Å². The zero-order valence-corrected chi connectivity index (χ0v) is 10.1. The van der Waals surface area contributed by atoms with Crippen LogP contribution in [0.4, 0.5) is 0 Å². The highest BCUT2D eigenvalue weighted by Crippen LogP contribution is 1.99. The predicted octanol–water partition coefficient (Wildman–Crippen LogP) is 1.61. The first-order valence-electron chi connectivity index (χ1n) is 5.69. The Morgan fingerprint density at radius 1 is 1.17 bits per heavy atom. The summed E-state index contributed by atoms with van der Waals surface area (Å²) < 4.78 is 0. The van der Waals surface area contributed by atoms with Gasteiger partial charge in [0.1, 0.15) is 0 Å². The molecule has 18 heavy (non-hydrogen) atoms. The van der Waals surface area contributed by atoms with Gasteiger partial charge in [-0.15, -0.1) is 0 Å². The van der Waals surface area contributed by atoms with Crippen molar-refractivity contribution in [2.45, 2.75) is 13.5 Å². The predicted molar refractivity (Wildman–Crippen MR) is 69.4 cm³/mol. The monoisotopic (exact) mass is 242 g/mol. The van der Waals surface area contributed by atoms with Crippen LogP contribution in [0.5, 0.6) is 0 Å². The van der Waals surface area contributed by atoms with Crippen LogP contribution in [0.1, 0.15) is 21.6 Å². The van der Waals surface area contributed by atoms with Crippen molar-refractivity contribution >= 4 is 5.91 Å². The van der Waals surface area contributed by atoms with E-state index in [2.05, 4.69) is 10.3 Å². The Kier molecular flexibility index (Phi) is 3.57. The van der Waals surface area contributed by atoms with Crippen LogP contribution >= 0.6 is 0 Å². The van der Waals surface area contributed by atoms with E-state index in [0.29, 0.717) is 11.1 Å². The first kappa shape index (κ1) is 12.1. The summed E-state index contributed by atoms with van der Waals surface area (Å²) in [5.74, 6) is -0.185. The molecule has 0 spiro atoms. The van der Waals surface area contributed by atoms with Gasteiger partial charge in [0.2, 0.25) is 0 Å². The fourth-order valence-electron chi connectivity index (χ4n) is 1.61. The van der Waals surface area contributed by atoms with Gasteiger partial charge in [0.05, 0.1) is 0 Å². The molecule has 0 saturated carbocycles. The molecule has 0 aliphatic heterocycles. The Bertz CT molecular complexity index is 603. The zero-order chi connectivity index (χ0) is 13.0. The quantitative estimate of drug-likeness (QED) is 0.859. The number of aryl methyl sites for hydroxylation is 1. The topological polar surface area (TPSA) is 62.0 Å². The maximum absolute atomic E-state index is 11.8. The standard InChI is InChI=1S/C14H14N2O2/c1-10-7-8-12(14(18)16-10)9-15-13(17)11-5-3-2-4-6-11/h2-8H,9H2,1H3,(H,15,17)(H,16,18). The largest absolute Gasteiger partial charge is 0.348 e. The molecule has 2 N–H and O–H groups in total. The Hall–Kier alpha value is -2.36. The minimum atomic E-state index is -0.185. The Balaban J connectivity index is 2.04. The maximum Gasteiger partial charge on any atom is 0.253 e. The van der Waals surface area contributed by atoms with Crippen molar-refractivity contribution in [2.75, 3.05) is 0 Å². The lowest BCUT2D eigenvalue weighted by Crippen LogP contribution is -2.26. The zero-order valence-electron chi connectivity index (χ0n) is 10.1. The number of rotatable bonds is 3. The number of H-pyrrole nitrogens is 1. The molecule has 4 nitrogen and oxygen atoms in total. The van der Waals surface area contributed by atoms with Crippen LogP contribution < -0.4 is 10.9 Å². The number of benzene rings is 1.